The van der Waals surface area contributed by atoms with Gasteiger partial charge in [-0.25, -0.2) is 4.79 Å². The van der Waals surface area contributed by atoms with Crippen molar-refractivity contribution in [2.75, 3.05) is 13.2 Å². The minimum absolute atomic E-state index is 0.277. The highest BCUT2D eigenvalue weighted by molar-refractivity contribution is 5.94. The second-order valence-corrected chi connectivity index (χ2v) is 4.54. The van der Waals surface area contributed by atoms with Crippen LogP contribution in [0.2, 0.25) is 0 Å². The Balaban J connectivity index is 1.91. The van der Waals surface area contributed by atoms with Crippen molar-refractivity contribution in [2.24, 2.45) is 0 Å². The Morgan fingerprint density at radius 3 is 2.71 bits per heavy atom. The molecule has 0 atom stereocenters. The van der Waals surface area contributed by atoms with E-state index in [0.29, 0.717) is 23.1 Å². The fraction of sp³-hybridized carbons (Fsp3) is 0.333. The Hall–Kier alpha value is -2.50. The van der Waals surface area contributed by atoms with E-state index in [1.807, 2.05) is 6.92 Å². The van der Waals surface area contributed by atoms with E-state index in [1.165, 1.54) is 0 Å². The molecule has 0 radical (unpaired) electrons. The summed E-state index contributed by atoms with van der Waals surface area (Å²) in [6.07, 6.45) is 5.04. The van der Waals surface area contributed by atoms with Crippen LogP contribution in [0.4, 0.5) is 0 Å². The third-order valence-electron chi connectivity index (χ3n) is 2.89. The van der Waals surface area contributed by atoms with Crippen LogP contribution in [-0.4, -0.2) is 35.0 Å². The van der Waals surface area contributed by atoms with Gasteiger partial charge >= 0.3 is 5.97 Å². The molecular weight excluding hydrogens is 270 g/mol. The zero-order valence-electron chi connectivity index (χ0n) is 11.8. The van der Waals surface area contributed by atoms with Gasteiger partial charge in [-0.2, -0.15) is 0 Å². The van der Waals surface area contributed by atoms with E-state index in [2.05, 4.69) is 15.3 Å². The summed E-state index contributed by atoms with van der Waals surface area (Å²) in [5, 5.41) is 2.68. The Labute approximate surface area is 122 Å². The van der Waals surface area contributed by atoms with E-state index < -0.39 is 5.97 Å². The second-order valence-electron chi connectivity index (χ2n) is 4.54. The number of hydrogen-bond acceptors (Lipinski definition) is 5. The van der Waals surface area contributed by atoms with Gasteiger partial charge in [0.15, 0.2) is 6.61 Å². The van der Waals surface area contributed by atoms with Gasteiger partial charge in [0, 0.05) is 18.9 Å². The lowest BCUT2D eigenvalue weighted by Crippen LogP contribution is -2.29. The fourth-order valence-corrected chi connectivity index (χ4v) is 1.76. The van der Waals surface area contributed by atoms with Crippen LogP contribution in [0.5, 0.6) is 0 Å². The third-order valence-corrected chi connectivity index (χ3v) is 2.89. The second kappa shape index (κ2) is 7.33. The molecule has 0 saturated heterocycles. The van der Waals surface area contributed by atoms with Crippen LogP contribution in [0.1, 0.15) is 30.1 Å². The van der Waals surface area contributed by atoms with Gasteiger partial charge in [0.25, 0.3) is 5.91 Å². The lowest BCUT2D eigenvalue weighted by Gasteiger charge is -2.06. The molecule has 1 aromatic heterocycles. The number of hydrogen-bond donors (Lipinski definition) is 1. The van der Waals surface area contributed by atoms with Gasteiger partial charge in [0.2, 0.25) is 0 Å². The van der Waals surface area contributed by atoms with Crippen molar-refractivity contribution in [3.63, 3.8) is 0 Å². The maximum atomic E-state index is 11.9. The Bertz CT molecular complexity index is 643. The number of fused-ring (bicyclic) bond motifs is 1. The molecule has 0 saturated carbocycles. The molecule has 6 nitrogen and oxygen atoms in total. The molecule has 0 aliphatic heterocycles. The molecule has 1 amide bonds. The average molecular weight is 287 g/mol. The number of carbonyl (C=O) groups excluding carboxylic acids is 2. The number of aromatic nitrogens is 2. The van der Waals surface area contributed by atoms with Crippen LogP contribution < -0.4 is 5.32 Å². The monoisotopic (exact) mass is 287 g/mol. The summed E-state index contributed by atoms with van der Waals surface area (Å²) >= 11 is 0. The van der Waals surface area contributed by atoms with Crippen LogP contribution in [0, 0.1) is 0 Å². The summed E-state index contributed by atoms with van der Waals surface area (Å²) in [4.78, 5) is 31.6. The number of esters is 1. The number of carbonyl (C=O) groups is 2. The van der Waals surface area contributed by atoms with Crippen LogP contribution in [0.25, 0.3) is 11.0 Å². The van der Waals surface area contributed by atoms with Gasteiger partial charge in [0.05, 0.1) is 16.6 Å². The first-order valence-corrected chi connectivity index (χ1v) is 6.85. The molecule has 1 aromatic carbocycles. The number of nitrogens with zero attached hydrogens (tertiary/aromatic N) is 2. The number of rotatable bonds is 6. The van der Waals surface area contributed by atoms with Gasteiger partial charge < -0.3 is 10.1 Å². The Kier molecular flexibility index (Phi) is 5.20. The summed E-state index contributed by atoms with van der Waals surface area (Å²) in [5.41, 5.74) is 1.66. The number of benzene rings is 1. The Morgan fingerprint density at radius 1 is 1.19 bits per heavy atom. The molecular formula is C15H17N3O3. The van der Waals surface area contributed by atoms with Crippen molar-refractivity contribution in [1.82, 2.24) is 15.3 Å². The SMILES string of the molecule is CCCCNC(=O)COC(=O)c1ccc2nccnc2c1. The molecule has 2 rings (SSSR count). The molecule has 0 unspecified atom stereocenters. The number of amides is 1. The smallest absolute Gasteiger partial charge is 0.338 e. The first-order chi connectivity index (χ1) is 10.2. The van der Waals surface area contributed by atoms with Crippen molar-refractivity contribution in [3.05, 3.63) is 36.2 Å². The van der Waals surface area contributed by atoms with E-state index in [1.54, 1.807) is 30.6 Å². The number of ether oxygens (including phenoxy) is 1. The zero-order chi connectivity index (χ0) is 15.1. The molecule has 0 fully saturated rings. The van der Waals surface area contributed by atoms with Gasteiger partial charge in [-0.1, -0.05) is 13.3 Å². The van der Waals surface area contributed by atoms with E-state index in [4.69, 9.17) is 4.74 Å². The van der Waals surface area contributed by atoms with Crippen molar-refractivity contribution in [1.29, 1.82) is 0 Å². The molecule has 1 N–H and O–H groups in total. The van der Waals surface area contributed by atoms with Crippen LogP contribution >= 0.6 is 0 Å². The van der Waals surface area contributed by atoms with Gasteiger partial charge in [-0.05, 0) is 24.6 Å². The highest BCUT2D eigenvalue weighted by atomic mass is 16.5. The topological polar surface area (TPSA) is 81.2 Å². The predicted octanol–water partition coefficient (Wildman–Crippen LogP) is 1.70. The van der Waals surface area contributed by atoms with E-state index in [0.717, 1.165) is 12.8 Å². The lowest BCUT2D eigenvalue weighted by atomic mass is 10.2. The van der Waals surface area contributed by atoms with Crippen LogP contribution in [0.3, 0.4) is 0 Å². The highest BCUT2D eigenvalue weighted by Gasteiger charge is 2.11. The van der Waals surface area contributed by atoms with Crippen LogP contribution in [-0.2, 0) is 9.53 Å². The van der Waals surface area contributed by atoms with E-state index >= 15 is 0 Å². The molecule has 2 aromatic rings. The minimum Gasteiger partial charge on any atom is -0.452 e. The molecule has 21 heavy (non-hydrogen) atoms. The summed E-state index contributed by atoms with van der Waals surface area (Å²) in [6.45, 7) is 2.36. The molecule has 1 heterocycles. The molecule has 0 aliphatic carbocycles. The van der Waals surface area contributed by atoms with Crippen molar-refractivity contribution in [2.45, 2.75) is 19.8 Å². The molecule has 6 heteroatoms. The van der Waals surface area contributed by atoms with Gasteiger partial charge in [-0.3, -0.25) is 14.8 Å². The highest BCUT2D eigenvalue weighted by Crippen LogP contribution is 2.11. The maximum absolute atomic E-state index is 11.9. The van der Waals surface area contributed by atoms with E-state index in [-0.39, 0.29) is 12.5 Å². The van der Waals surface area contributed by atoms with Gasteiger partial charge in [-0.15, -0.1) is 0 Å². The normalized spacial score (nSPS) is 10.3. The number of nitrogens with one attached hydrogen (secondary N) is 1. The maximum Gasteiger partial charge on any atom is 0.338 e. The first kappa shape index (κ1) is 14.9. The average Bonchev–Trinajstić information content (AvgIpc) is 2.52. The quantitative estimate of drug-likeness (QED) is 0.646. The standard InChI is InChI=1S/C15H17N3O3/c1-2-3-6-18-14(19)10-21-15(20)11-4-5-12-13(9-11)17-8-7-16-12/h4-5,7-9H,2-3,6,10H2,1H3,(H,18,19). The van der Waals surface area contributed by atoms with Crippen molar-refractivity contribution in [3.8, 4) is 0 Å². The zero-order valence-corrected chi connectivity index (χ0v) is 11.8. The van der Waals surface area contributed by atoms with E-state index in [9.17, 15) is 9.59 Å². The van der Waals surface area contributed by atoms with Crippen molar-refractivity contribution >= 4 is 22.9 Å². The third kappa shape index (κ3) is 4.24. The summed E-state index contributed by atoms with van der Waals surface area (Å²) in [7, 11) is 0. The summed E-state index contributed by atoms with van der Waals surface area (Å²) in [5.74, 6) is -0.842. The largest absolute Gasteiger partial charge is 0.452 e. The Morgan fingerprint density at radius 2 is 1.95 bits per heavy atom. The molecule has 0 spiro atoms. The fourth-order valence-electron chi connectivity index (χ4n) is 1.76. The minimum atomic E-state index is -0.548. The molecule has 110 valence electrons. The summed E-state index contributed by atoms with van der Waals surface area (Å²) < 4.78 is 4.97. The van der Waals surface area contributed by atoms with Crippen molar-refractivity contribution < 1.29 is 14.3 Å². The number of unbranched alkanes of at least 4 members (excludes halogenated alkanes) is 1. The van der Waals surface area contributed by atoms with Crippen LogP contribution in [0.15, 0.2) is 30.6 Å². The lowest BCUT2D eigenvalue weighted by molar-refractivity contribution is -0.124. The molecule has 0 aliphatic rings. The first-order valence-electron chi connectivity index (χ1n) is 6.85. The summed E-state index contributed by atoms with van der Waals surface area (Å²) in [6, 6.07) is 4.90. The molecule has 0 bridgehead atoms. The van der Waals surface area contributed by atoms with Gasteiger partial charge in [0.1, 0.15) is 0 Å². The predicted molar refractivity (Wildman–Crippen MR) is 77.7 cm³/mol.